The van der Waals surface area contributed by atoms with Gasteiger partial charge in [0, 0.05) is 11.1 Å². The van der Waals surface area contributed by atoms with Crippen molar-refractivity contribution in [2.24, 2.45) is 4.99 Å². The van der Waals surface area contributed by atoms with Crippen LogP contribution in [0.2, 0.25) is 0 Å². The highest BCUT2D eigenvalue weighted by Gasteiger charge is 2.41. The maximum atomic E-state index is 13.3. The third kappa shape index (κ3) is 4.81. The van der Waals surface area contributed by atoms with E-state index in [1.54, 1.807) is 0 Å². The Labute approximate surface area is 202 Å². The van der Waals surface area contributed by atoms with Crippen LogP contribution in [-0.4, -0.2) is 21.7 Å². The van der Waals surface area contributed by atoms with Crippen LogP contribution < -0.4 is 0 Å². The van der Waals surface area contributed by atoms with Gasteiger partial charge in [-0.25, -0.2) is 4.99 Å². The first-order valence-electron chi connectivity index (χ1n) is 9.86. The Balaban J connectivity index is 1.95. The van der Waals surface area contributed by atoms with Gasteiger partial charge in [0.2, 0.25) is 0 Å². The molecule has 1 aliphatic heterocycles. The van der Waals surface area contributed by atoms with Crippen LogP contribution in [0.15, 0.2) is 41.4 Å². The van der Waals surface area contributed by atoms with Crippen molar-refractivity contribution in [1.29, 1.82) is 0 Å². The molecule has 0 unspecified atom stereocenters. The number of aromatic hydroxyl groups is 1. The fourth-order valence-electron chi connectivity index (χ4n) is 3.76. The molecule has 0 aliphatic carbocycles. The number of hydrogen-bond donors (Lipinski definition) is 2. The lowest BCUT2D eigenvalue weighted by atomic mass is 9.95. The third-order valence-corrected chi connectivity index (χ3v) is 5.38. The number of carbonyl (C=O) groups excluding carboxylic acids is 1. The standard InChI is InChI=1S/C22H8F12N2O2/c23-19(24,25)9-1-7(2-10(5-9)20(26,27)28)15-13-14(18(38)35-15)16(36-17(13)37)8-3-11(21(29,30)31)6-12(4-8)22(32,33)34/h1-6,35,38H. The molecule has 0 radical (unpaired) electrons. The fourth-order valence-corrected chi connectivity index (χ4v) is 3.76. The zero-order valence-electron chi connectivity index (χ0n) is 17.8. The quantitative estimate of drug-likeness (QED) is 0.320. The number of H-pyrrole nitrogens is 1. The zero-order valence-corrected chi connectivity index (χ0v) is 17.8. The second-order valence-electron chi connectivity index (χ2n) is 7.95. The van der Waals surface area contributed by atoms with Gasteiger partial charge in [0.15, 0.2) is 5.88 Å². The number of aromatic nitrogens is 1. The van der Waals surface area contributed by atoms with Crippen LogP contribution in [0.4, 0.5) is 52.7 Å². The molecule has 3 aromatic rings. The molecule has 2 heterocycles. The number of fused-ring (bicyclic) bond motifs is 1. The van der Waals surface area contributed by atoms with Crippen molar-refractivity contribution in [1.82, 2.24) is 4.98 Å². The molecule has 2 N–H and O–H groups in total. The summed E-state index contributed by atoms with van der Waals surface area (Å²) in [5.41, 5.74) is -12.4. The second-order valence-corrected chi connectivity index (χ2v) is 7.95. The number of nitrogens with one attached hydrogen (secondary N) is 1. The predicted molar refractivity (Wildman–Crippen MR) is 104 cm³/mol. The summed E-state index contributed by atoms with van der Waals surface area (Å²) in [6.07, 6.45) is -21.2. The Morgan fingerprint density at radius 1 is 0.579 bits per heavy atom. The number of nitrogens with zero attached hydrogens (tertiary/aromatic N) is 1. The summed E-state index contributed by atoms with van der Waals surface area (Å²) in [6.45, 7) is 0. The Hall–Kier alpha value is -3.98. The summed E-state index contributed by atoms with van der Waals surface area (Å²) in [4.78, 5) is 17.9. The molecule has 1 amide bonds. The van der Waals surface area contributed by atoms with E-state index < -0.39 is 92.4 Å². The summed E-state index contributed by atoms with van der Waals surface area (Å²) in [7, 11) is 0. The maximum Gasteiger partial charge on any atom is 0.416 e. The van der Waals surface area contributed by atoms with E-state index in [9.17, 15) is 62.6 Å². The Morgan fingerprint density at radius 2 is 0.947 bits per heavy atom. The van der Waals surface area contributed by atoms with Crippen molar-refractivity contribution >= 4 is 11.6 Å². The number of alkyl halides is 12. The van der Waals surface area contributed by atoms with E-state index in [1.165, 1.54) is 0 Å². The van der Waals surface area contributed by atoms with Gasteiger partial charge < -0.3 is 10.1 Å². The van der Waals surface area contributed by atoms with Crippen LogP contribution >= 0.6 is 0 Å². The van der Waals surface area contributed by atoms with E-state index in [0.29, 0.717) is 0 Å². The van der Waals surface area contributed by atoms with E-state index in [2.05, 4.69) is 4.99 Å². The highest BCUT2D eigenvalue weighted by atomic mass is 19.4. The predicted octanol–water partition coefficient (Wildman–Crippen LogP) is 7.45. The number of aromatic amines is 1. The SMILES string of the molecule is O=C1N=C(c2cc(C(F)(F)F)cc(C(F)(F)F)c2)c2c(O)[nH]c(-c3cc(C(F)(F)F)cc(C(F)(F)F)c3)c21. The molecule has 0 spiro atoms. The van der Waals surface area contributed by atoms with Gasteiger partial charge in [-0.1, -0.05) is 0 Å². The number of benzene rings is 2. The first-order chi connectivity index (χ1) is 17.2. The van der Waals surface area contributed by atoms with Gasteiger partial charge in [-0.15, -0.1) is 0 Å². The van der Waals surface area contributed by atoms with Crippen molar-refractivity contribution < 1.29 is 62.6 Å². The molecule has 1 aromatic heterocycles. The third-order valence-electron chi connectivity index (χ3n) is 5.38. The summed E-state index contributed by atoms with van der Waals surface area (Å²) in [6, 6.07) is 0.364. The van der Waals surface area contributed by atoms with Gasteiger partial charge in [-0.3, -0.25) is 4.79 Å². The van der Waals surface area contributed by atoms with Crippen LogP contribution in [-0.2, 0) is 24.7 Å². The van der Waals surface area contributed by atoms with Gasteiger partial charge in [-0.2, -0.15) is 52.7 Å². The lowest BCUT2D eigenvalue weighted by molar-refractivity contribution is -0.144. The Morgan fingerprint density at radius 3 is 1.32 bits per heavy atom. The highest BCUT2D eigenvalue weighted by molar-refractivity contribution is 6.30. The molecule has 0 saturated carbocycles. The van der Waals surface area contributed by atoms with Crippen LogP contribution in [0.3, 0.4) is 0 Å². The first kappa shape index (κ1) is 27.1. The van der Waals surface area contributed by atoms with Crippen LogP contribution in [0.1, 0.15) is 43.7 Å². The number of halogens is 12. The summed E-state index contributed by atoms with van der Waals surface area (Å²) in [5.74, 6) is -2.59. The van der Waals surface area contributed by atoms with Crippen molar-refractivity contribution in [3.63, 3.8) is 0 Å². The molecule has 0 bridgehead atoms. The second kappa shape index (κ2) is 8.26. The molecular formula is C22H8F12N2O2. The molecule has 16 heteroatoms. The monoisotopic (exact) mass is 560 g/mol. The van der Waals surface area contributed by atoms with E-state index in [-0.39, 0.29) is 36.4 Å². The van der Waals surface area contributed by atoms with E-state index in [1.807, 2.05) is 4.98 Å². The molecule has 2 aromatic carbocycles. The average Bonchev–Trinajstić information content (AvgIpc) is 3.29. The topological polar surface area (TPSA) is 65.4 Å². The summed E-state index contributed by atoms with van der Waals surface area (Å²) >= 11 is 0. The van der Waals surface area contributed by atoms with Gasteiger partial charge in [0.1, 0.15) is 0 Å². The number of carbonyl (C=O) groups is 1. The van der Waals surface area contributed by atoms with Gasteiger partial charge in [0.25, 0.3) is 5.91 Å². The van der Waals surface area contributed by atoms with Crippen LogP contribution in [0.5, 0.6) is 5.88 Å². The van der Waals surface area contributed by atoms with Crippen molar-refractivity contribution in [2.75, 3.05) is 0 Å². The maximum absolute atomic E-state index is 13.3. The Bertz CT molecular complexity index is 1420. The molecule has 0 saturated heterocycles. The lowest BCUT2D eigenvalue weighted by Crippen LogP contribution is -2.13. The van der Waals surface area contributed by atoms with Crippen molar-refractivity contribution in [3.05, 3.63) is 75.3 Å². The minimum atomic E-state index is -5.29. The van der Waals surface area contributed by atoms with E-state index in [4.69, 9.17) is 0 Å². The fraction of sp³-hybridized carbons (Fsp3) is 0.182. The average molecular weight is 560 g/mol. The zero-order chi connectivity index (χ0) is 28.6. The molecule has 38 heavy (non-hydrogen) atoms. The van der Waals surface area contributed by atoms with E-state index in [0.717, 1.165) is 0 Å². The smallest absolute Gasteiger partial charge is 0.416 e. The normalized spacial score (nSPS) is 14.6. The molecule has 0 fully saturated rings. The Kier molecular flexibility index (Phi) is 5.88. The molecular weight excluding hydrogens is 552 g/mol. The van der Waals surface area contributed by atoms with Crippen molar-refractivity contribution in [3.8, 4) is 17.1 Å². The number of amides is 1. The van der Waals surface area contributed by atoms with Gasteiger partial charge >= 0.3 is 24.7 Å². The van der Waals surface area contributed by atoms with E-state index >= 15 is 0 Å². The highest BCUT2D eigenvalue weighted by Crippen LogP contribution is 2.44. The first-order valence-corrected chi connectivity index (χ1v) is 9.86. The molecule has 4 nitrogen and oxygen atoms in total. The van der Waals surface area contributed by atoms with Crippen molar-refractivity contribution in [2.45, 2.75) is 24.7 Å². The molecule has 4 rings (SSSR count). The number of rotatable bonds is 2. The lowest BCUT2D eigenvalue weighted by Gasteiger charge is -2.14. The van der Waals surface area contributed by atoms with Gasteiger partial charge in [-0.05, 0) is 36.4 Å². The van der Waals surface area contributed by atoms with Crippen LogP contribution in [0, 0.1) is 0 Å². The minimum Gasteiger partial charge on any atom is -0.494 e. The molecule has 0 atom stereocenters. The van der Waals surface area contributed by atoms with Gasteiger partial charge in [0.05, 0.1) is 44.8 Å². The van der Waals surface area contributed by atoms with Crippen LogP contribution in [0.25, 0.3) is 11.3 Å². The minimum absolute atomic E-state index is 0.189. The molecule has 1 aliphatic rings. The summed E-state index contributed by atoms with van der Waals surface area (Å²) in [5, 5.41) is 10.3. The number of aliphatic imine (C=N–C) groups is 1. The summed E-state index contributed by atoms with van der Waals surface area (Å²) < 4.78 is 159. The number of hydrogen-bond acceptors (Lipinski definition) is 2. The molecule has 202 valence electrons. The largest absolute Gasteiger partial charge is 0.494 e.